The number of fused-ring (bicyclic) bond motifs is 3. The molecule has 0 radical (unpaired) electrons. The van der Waals surface area contributed by atoms with Crippen molar-refractivity contribution >= 4 is 16.7 Å². The summed E-state index contributed by atoms with van der Waals surface area (Å²) in [4.78, 5) is 13.0. The van der Waals surface area contributed by atoms with Gasteiger partial charge in [0, 0.05) is 32.1 Å². The predicted molar refractivity (Wildman–Crippen MR) is 128 cm³/mol. The van der Waals surface area contributed by atoms with E-state index >= 15 is 4.39 Å². The average Bonchev–Trinajstić information content (AvgIpc) is 3.50. The lowest BCUT2D eigenvalue weighted by molar-refractivity contribution is 0.107. The number of methoxy groups -OCH3 is 1. The molecule has 2 fully saturated rings. The summed E-state index contributed by atoms with van der Waals surface area (Å²) < 4.78 is 57.3. The second kappa shape index (κ2) is 9.32. The smallest absolute Gasteiger partial charge is 0.319 e. The van der Waals surface area contributed by atoms with Crippen molar-refractivity contribution in [1.82, 2.24) is 24.6 Å². The van der Waals surface area contributed by atoms with Crippen molar-refractivity contribution in [3.63, 3.8) is 0 Å². The van der Waals surface area contributed by atoms with E-state index in [4.69, 9.17) is 9.47 Å². The molecule has 1 N–H and O–H groups in total. The van der Waals surface area contributed by atoms with Crippen LogP contribution in [0.25, 0.3) is 10.9 Å². The number of rotatable bonds is 6. The van der Waals surface area contributed by atoms with Crippen LogP contribution in [0.15, 0.2) is 12.1 Å². The van der Waals surface area contributed by atoms with Gasteiger partial charge in [0.1, 0.15) is 24.1 Å². The van der Waals surface area contributed by atoms with Gasteiger partial charge < -0.3 is 19.5 Å². The molecule has 1 aromatic carbocycles. The number of alkyl halides is 1. The molecule has 0 unspecified atom stereocenters. The van der Waals surface area contributed by atoms with Crippen LogP contribution in [0, 0.1) is 11.6 Å². The number of hydrogen-bond acceptors (Lipinski definition) is 8. The minimum absolute atomic E-state index is 0.0487. The molecule has 0 spiro atoms. The SMILES string of the molecule is COc1c(F)cc(F)c2nc(OC[C@@]34CCCN3C[C@H](F)C4)nc(N3CCCn4nc(CO)cc4C3)c12. The van der Waals surface area contributed by atoms with Crippen molar-refractivity contribution in [3.8, 4) is 11.8 Å². The van der Waals surface area contributed by atoms with Gasteiger partial charge in [0.25, 0.3) is 0 Å². The van der Waals surface area contributed by atoms with E-state index in [1.807, 2.05) is 9.58 Å². The van der Waals surface area contributed by atoms with E-state index in [1.165, 1.54) is 7.11 Å². The molecule has 12 heteroatoms. The molecule has 0 bridgehead atoms. The fourth-order valence-corrected chi connectivity index (χ4v) is 6.10. The summed E-state index contributed by atoms with van der Waals surface area (Å²) in [5.74, 6) is -1.57. The van der Waals surface area contributed by atoms with Gasteiger partial charge >= 0.3 is 6.01 Å². The molecule has 2 aromatic heterocycles. The maximum Gasteiger partial charge on any atom is 0.319 e. The predicted octanol–water partition coefficient (Wildman–Crippen LogP) is 2.97. The van der Waals surface area contributed by atoms with E-state index in [0.717, 1.165) is 31.1 Å². The Morgan fingerprint density at radius 2 is 2.00 bits per heavy atom. The highest BCUT2D eigenvalue weighted by molar-refractivity contribution is 5.96. The molecule has 5 heterocycles. The Bertz CT molecular complexity index is 1340. The fourth-order valence-electron chi connectivity index (χ4n) is 6.10. The number of aliphatic hydroxyl groups excluding tert-OH is 1. The number of aliphatic hydroxyl groups is 1. The number of ether oxygens (including phenoxy) is 2. The molecule has 198 valence electrons. The zero-order chi connectivity index (χ0) is 25.7. The van der Waals surface area contributed by atoms with Crippen LogP contribution >= 0.6 is 0 Å². The topological polar surface area (TPSA) is 88.8 Å². The van der Waals surface area contributed by atoms with E-state index in [1.54, 1.807) is 6.07 Å². The number of halogens is 3. The van der Waals surface area contributed by atoms with Gasteiger partial charge in [0.05, 0.1) is 42.6 Å². The van der Waals surface area contributed by atoms with Crippen LogP contribution in [0.2, 0.25) is 0 Å². The van der Waals surface area contributed by atoms with Crippen LogP contribution in [0.1, 0.15) is 37.1 Å². The number of aromatic nitrogens is 4. The molecule has 9 nitrogen and oxygen atoms in total. The molecule has 3 aromatic rings. The summed E-state index contributed by atoms with van der Waals surface area (Å²) in [6.07, 6.45) is 1.93. The third-order valence-electron chi connectivity index (χ3n) is 7.75. The Hall–Kier alpha value is -3.12. The molecule has 3 aliphatic heterocycles. The lowest BCUT2D eigenvalue weighted by atomic mass is 9.95. The number of hydrogen-bond donors (Lipinski definition) is 1. The Balaban J connectivity index is 1.42. The Morgan fingerprint density at radius 1 is 1.14 bits per heavy atom. The standard InChI is InChI=1S/C25H29F3N6O3/c1-36-22-19(28)9-18(27)21-20(22)23(32-5-3-7-34-17(12-32)8-16(13-35)31-34)30-24(29-21)37-14-25-4-2-6-33(25)11-15(26)10-25/h8-9,15,35H,2-7,10-14H2,1H3/t15-,25+/m1/s1. The van der Waals surface area contributed by atoms with Crippen molar-refractivity contribution in [2.24, 2.45) is 0 Å². The molecule has 0 amide bonds. The molecule has 2 atom stereocenters. The maximum atomic E-state index is 15.1. The summed E-state index contributed by atoms with van der Waals surface area (Å²) in [7, 11) is 1.32. The first-order valence-corrected chi connectivity index (χ1v) is 12.6. The lowest BCUT2D eigenvalue weighted by Gasteiger charge is -2.31. The molecule has 0 aliphatic carbocycles. The third kappa shape index (κ3) is 4.15. The van der Waals surface area contributed by atoms with E-state index in [-0.39, 0.29) is 41.7 Å². The van der Waals surface area contributed by atoms with Gasteiger partial charge in [-0.1, -0.05) is 0 Å². The first-order valence-electron chi connectivity index (χ1n) is 12.6. The Labute approximate surface area is 211 Å². The van der Waals surface area contributed by atoms with Gasteiger partial charge in [0.2, 0.25) is 0 Å². The normalized spacial score (nSPS) is 23.8. The monoisotopic (exact) mass is 518 g/mol. The van der Waals surface area contributed by atoms with Gasteiger partial charge in [-0.05, 0) is 31.9 Å². The number of nitrogens with zero attached hydrogens (tertiary/aromatic N) is 6. The van der Waals surface area contributed by atoms with Gasteiger partial charge in [0.15, 0.2) is 17.4 Å². The maximum absolute atomic E-state index is 15.1. The van der Waals surface area contributed by atoms with E-state index < -0.39 is 23.3 Å². The lowest BCUT2D eigenvalue weighted by Crippen LogP contribution is -2.43. The summed E-state index contributed by atoms with van der Waals surface area (Å²) in [5.41, 5.74) is 0.855. The van der Waals surface area contributed by atoms with E-state index in [0.29, 0.717) is 44.7 Å². The van der Waals surface area contributed by atoms with Crippen LogP contribution in [0.4, 0.5) is 19.0 Å². The zero-order valence-electron chi connectivity index (χ0n) is 20.6. The Kier molecular flexibility index (Phi) is 6.10. The van der Waals surface area contributed by atoms with Crippen molar-refractivity contribution in [2.45, 2.75) is 57.1 Å². The van der Waals surface area contributed by atoms with E-state index in [2.05, 4.69) is 20.0 Å². The molecular weight excluding hydrogens is 489 g/mol. The van der Waals surface area contributed by atoms with Crippen LogP contribution < -0.4 is 14.4 Å². The highest BCUT2D eigenvalue weighted by atomic mass is 19.1. The molecule has 3 aliphatic rings. The number of anilines is 1. The van der Waals surface area contributed by atoms with Gasteiger partial charge in [-0.3, -0.25) is 9.58 Å². The molecular formula is C25H29F3N6O3. The zero-order valence-corrected chi connectivity index (χ0v) is 20.6. The fraction of sp³-hybridized carbons (Fsp3) is 0.560. The molecule has 2 saturated heterocycles. The minimum atomic E-state index is -0.910. The first-order chi connectivity index (χ1) is 17.9. The number of aryl methyl sites for hydroxylation is 1. The largest absolute Gasteiger partial charge is 0.493 e. The highest BCUT2D eigenvalue weighted by Gasteiger charge is 2.49. The van der Waals surface area contributed by atoms with Crippen molar-refractivity contribution in [1.29, 1.82) is 0 Å². The van der Waals surface area contributed by atoms with Gasteiger partial charge in [-0.25, -0.2) is 13.2 Å². The molecule has 6 rings (SSSR count). The second-order valence-electron chi connectivity index (χ2n) is 10.1. The first kappa shape index (κ1) is 24.2. The van der Waals surface area contributed by atoms with Crippen molar-refractivity contribution in [3.05, 3.63) is 35.2 Å². The van der Waals surface area contributed by atoms with E-state index in [9.17, 15) is 13.9 Å². The number of benzene rings is 1. The molecule has 37 heavy (non-hydrogen) atoms. The van der Waals surface area contributed by atoms with Gasteiger partial charge in [-0.15, -0.1) is 0 Å². The van der Waals surface area contributed by atoms with Crippen LogP contribution in [-0.2, 0) is 19.7 Å². The summed E-state index contributed by atoms with van der Waals surface area (Å²) >= 11 is 0. The second-order valence-corrected chi connectivity index (χ2v) is 10.1. The quantitative estimate of drug-likeness (QED) is 0.533. The van der Waals surface area contributed by atoms with Crippen LogP contribution in [0.3, 0.4) is 0 Å². The molecule has 0 saturated carbocycles. The summed E-state index contributed by atoms with van der Waals surface area (Å²) in [5, 5.41) is 14.1. The third-order valence-corrected chi connectivity index (χ3v) is 7.75. The minimum Gasteiger partial charge on any atom is -0.493 e. The van der Waals surface area contributed by atoms with Crippen molar-refractivity contribution < 1.29 is 27.8 Å². The van der Waals surface area contributed by atoms with Crippen LogP contribution in [-0.4, -0.2) is 74.8 Å². The average molecular weight is 519 g/mol. The summed E-state index contributed by atoms with van der Waals surface area (Å²) in [6.45, 7) is 2.71. The highest BCUT2D eigenvalue weighted by Crippen LogP contribution is 2.41. The summed E-state index contributed by atoms with van der Waals surface area (Å²) in [6, 6.07) is 2.50. The van der Waals surface area contributed by atoms with Crippen molar-refractivity contribution in [2.75, 3.05) is 38.3 Å². The van der Waals surface area contributed by atoms with Gasteiger partial charge in [-0.2, -0.15) is 15.1 Å². The Morgan fingerprint density at radius 3 is 2.81 bits per heavy atom. The van der Waals surface area contributed by atoms with Crippen LogP contribution in [0.5, 0.6) is 11.8 Å².